The van der Waals surface area contributed by atoms with Crippen molar-refractivity contribution in [3.05, 3.63) is 52.7 Å². The summed E-state index contributed by atoms with van der Waals surface area (Å²) in [5.41, 5.74) is 3.71. The molecule has 0 unspecified atom stereocenters. The van der Waals surface area contributed by atoms with Crippen molar-refractivity contribution in [3.8, 4) is 0 Å². The Morgan fingerprint density at radius 1 is 1.18 bits per heavy atom. The molecule has 3 nitrogen and oxygen atoms in total. The van der Waals surface area contributed by atoms with Gasteiger partial charge in [-0.1, -0.05) is 24.3 Å². The largest absolute Gasteiger partial charge is 0.331 e. The van der Waals surface area contributed by atoms with E-state index in [1.165, 1.54) is 0 Å². The maximum Gasteiger partial charge on any atom is 0.191 e. The van der Waals surface area contributed by atoms with Crippen molar-refractivity contribution in [3.63, 3.8) is 0 Å². The zero-order valence-electron chi connectivity index (χ0n) is 8.96. The minimum atomic E-state index is 0.476. The molecule has 1 aromatic carbocycles. The molecule has 0 atom stereocenters. The van der Waals surface area contributed by atoms with Crippen LogP contribution in [0.2, 0.25) is 0 Å². The molecule has 5 heteroatoms. The predicted octanol–water partition coefficient (Wildman–Crippen LogP) is 3.07. The monoisotopic (exact) mass is 261 g/mol. The third kappa shape index (κ3) is 3.97. The van der Waals surface area contributed by atoms with Crippen LogP contribution >= 0.6 is 23.6 Å². The average Bonchev–Trinajstić information content (AvgIpc) is 2.83. The summed E-state index contributed by atoms with van der Waals surface area (Å²) in [6.07, 6.45) is 1.74. The molecule has 0 amide bonds. The van der Waals surface area contributed by atoms with E-state index >= 15 is 0 Å². The van der Waals surface area contributed by atoms with E-state index < -0.39 is 0 Å². The van der Waals surface area contributed by atoms with Crippen LogP contribution in [0.15, 0.2) is 52.9 Å². The van der Waals surface area contributed by atoms with Gasteiger partial charge in [-0.15, -0.1) is 11.3 Å². The summed E-state index contributed by atoms with van der Waals surface area (Å²) in [5.74, 6) is 0. The molecular formula is C12H11N3S2. The molecule has 0 fully saturated rings. The summed E-state index contributed by atoms with van der Waals surface area (Å²) < 4.78 is 0. The number of hydrazone groups is 1. The average molecular weight is 261 g/mol. The second-order valence-electron chi connectivity index (χ2n) is 3.21. The third-order valence-electron chi connectivity index (χ3n) is 1.93. The van der Waals surface area contributed by atoms with Gasteiger partial charge in [-0.3, -0.25) is 5.43 Å². The minimum Gasteiger partial charge on any atom is -0.331 e. The molecule has 17 heavy (non-hydrogen) atoms. The maximum absolute atomic E-state index is 5.10. The highest BCUT2D eigenvalue weighted by molar-refractivity contribution is 7.80. The lowest BCUT2D eigenvalue weighted by molar-refractivity contribution is 1.05. The second-order valence-corrected chi connectivity index (χ2v) is 4.59. The van der Waals surface area contributed by atoms with E-state index in [1.54, 1.807) is 17.6 Å². The molecule has 0 spiro atoms. The molecule has 0 saturated carbocycles. The molecule has 1 aromatic heterocycles. The van der Waals surface area contributed by atoms with Gasteiger partial charge in [0.1, 0.15) is 0 Å². The Balaban J connectivity index is 1.82. The SMILES string of the molecule is S=C(N/N=C/c1cccs1)Nc1ccccc1. The van der Waals surface area contributed by atoms with Gasteiger partial charge >= 0.3 is 0 Å². The van der Waals surface area contributed by atoms with Gasteiger partial charge in [-0.05, 0) is 35.8 Å². The molecule has 0 bridgehead atoms. The van der Waals surface area contributed by atoms with Crippen LogP contribution < -0.4 is 10.7 Å². The fourth-order valence-corrected chi connectivity index (χ4v) is 1.96. The van der Waals surface area contributed by atoms with E-state index in [0.29, 0.717) is 5.11 Å². The van der Waals surface area contributed by atoms with Crippen LogP contribution in [-0.4, -0.2) is 11.3 Å². The molecule has 1 heterocycles. The molecule has 2 N–H and O–H groups in total. The van der Waals surface area contributed by atoms with Gasteiger partial charge in [0.15, 0.2) is 5.11 Å². The third-order valence-corrected chi connectivity index (χ3v) is 2.93. The molecule has 0 saturated heterocycles. The molecule has 2 rings (SSSR count). The molecule has 86 valence electrons. The molecule has 0 aliphatic heterocycles. The number of rotatable bonds is 3. The summed E-state index contributed by atoms with van der Waals surface area (Å²) in [7, 11) is 0. The molecule has 0 aliphatic carbocycles. The van der Waals surface area contributed by atoms with E-state index in [-0.39, 0.29) is 0 Å². The van der Waals surface area contributed by atoms with Crippen molar-refractivity contribution in [2.45, 2.75) is 0 Å². The number of benzene rings is 1. The van der Waals surface area contributed by atoms with Crippen molar-refractivity contribution in [2.75, 3.05) is 5.32 Å². The van der Waals surface area contributed by atoms with Gasteiger partial charge in [0.25, 0.3) is 0 Å². The highest BCUT2D eigenvalue weighted by Crippen LogP contribution is 2.05. The van der Waals surface area contributed by atoms with Gasteiger partial charge in [-0.2, -0.15) is 5.10 Å². The highest BCUT2D eigenvalue weighted by Gasteiger charge is 1.94. The Hall–Kier alpha value is -1.72. The van der Waals surface area contributed by atoms with Crippen LogP contribution in [0.4, 0.5) is 5.69 Å². The van der Waals surface area contributed by atoms with E-state index in [0.717, 1.165) is 10.6 Å². The summed E-state index contributed by atoms with van der Waals surface area (Å²) in [4.78, 5) is 1.08. The zero-order valence-corrected chi connectivity index (χ0v) is 10.6. The van der Waals surface area contributed by atoms with Crippen molar-refractivity contribution in [1.29, 1.82) is 0 Å². The van der Waals surface area contributed by atoms with E-state index in [1.807, 2.05) is 47.8 Å². The standard InChI is InChI=1S/C12H11N3S2/c16-12(14-10-5-2-1-3-6-10)15-13-9-11-7-4-8-17-11/h1-9H,(H2,14,15,16)/b13-9+. The number of nitrogens with one attached hydrogen (secondary N) is 2. The fourth-order valence-electron chi connectivity index (χ4n) is 1.20. The van der Waals surface area contributed by atoms with Gasteiger partial charge in [0.2, 0.25) is 0 Å². The number of anilines is 1. The number of thiocarbonyl (C=S) groups is 1. The van der Waals surface area contributed by atoms with Gasteiger partial charge < -0.3 is 5.32 Å². The summed E-state index contributed by atoms with van der Waals surface area (Å²) in [6, 6.07) is 13.7. The van der Waals surface area contributed by atoms with E-state index in [4.69, 9.17) is 12.2 Å². The summed E-state index contributed by atoms with van der Waals surface area (Å²) in [5, 5.41) is 9.55. The first-order valence-corrected chi connectivity index (χ1v) is 6.32. The van der Waals surface area contributed by atoms with E-state index in [2.05, 4.69) is 15.8 Å². The van der Waals surface area contributed by atoms with Crippen LogP contribution in [-0.2, 0) is 0 Å². The Morgan fingerprint density at radius 2 is 2.00 bits per heavy atom. The number of hydrogen-bond acceptors (Lipinski definition) is 3. The Labute approximate surface area is 109 Å². The molecular weight excluding hydrogens is 250 g/mol. The summed E-state index contributed by atoms with van der Waals surface area (Å²) >= 11 is 6.72. The van der Waals surface area contributed by atoms with Gasteiger partial charge in [0.05, 0.1) is 6.21 Å². The maximum atomic E-state index is 5.10. The number of nitrogens with zero attached hydrogens (tertiary/aromatic N) is 1. The Morgan fingerprint density at radius 3 is 2.71 bits per heavy atom. The number of thiophene rings is 1. The van der Waals surface area contributed by atoms with Crippen LogP contribution in [0.5, 0.6) is 0 Å². The summed E-state index contributed by atoms with van der Waals surface area (Å²) in [6.45, 7) is 0. The van der Waals surface area contributed by atoms with Crippen molar-refractivity contribution >= 4 is 40.6 Å². The Kier molecular flexibility index (Phi) is 4.23. The van der Waals surface area contributed by atoms with E-state index in [9.17, 15) is 0 Å². The first kappa shape index (κ1) is 11.8. The highest BCUT2D eigenvalue weighted by atomic mass is 32.1. The lowest BCUT2D eigenvalue weighted by Crippen LogP contribution is -2.23. The van der Waals surface area contributed by atoms with Crippen molar-refractivity contribution in [2.24, 2.45) is 5.10 Å². The quantitative estimate of drug-likeness (QED) is 0.506. The normalized spacial score (nSPS) is 10.4. The van der Waals surface area contributed by atoms with Gasteiger partial charge in [0, 0.05) is 10.6 Å². The van der Waals surface area contributed by atoms with Crippen LogP contribution in [0.25, 0.3) is 0 Å². The predicted molar refractivity (Wildman–Crippen MR) is 77.7 cm³/mol. The molecule has 0 aliphatic rings. The lowest BCUT2D eigenvalue weighted by atomic mass is 10.3. The number of para-hydroxylation sites is 1. The molecule has 2 aromatic rings. The first-order valence-electron chi connectivity index (χ1n) is 5.03. The Bertz CT molecular complexity index is 492. The zero-order chi connectivity index (χ0) is 11.9. The lowest BCUT2D eigenvalue weighted by Gasteiger charge is -2.05. The minimum absolute atomic E-state index is 0.476. The van der Waals surface area contributed by atoms with Crippen molar-refractivity contribution < 1.29 is 0 Å². The van der Waals surface area contributed by atoms with Crippen LogP contribution in [0.1, 0.15) is 4.88 Å². The first-order chi connectivity index (χ1) is 8.34. The van der Waals surface area contributed by atoms with Crippen LogP contribution in [0, 0.1) is 0 Å². The smallest absolute Gasteiger partial charge is 0.191 e. The topological polar surface area (TPSA) is 36.4 Å². The van der Waals surface area contributed by atoms with Crippen LogP contribution in [0.3, 0.4) is 0 Å². The molecule has 0 radical (unpaired) electrons. The fraction of sp³-hybridized carbons (Fsp3) is 0. The second kappa shape index (κ2) is 6.12. The van der Waals surface area contributed by atoms with Gasteiger partial charge in [-0.25, -0.2) is 0 Å². The number of hydrogen-bond donors (Lipinski definition) is 2. The van der Waals surface area contributed by atoms with Crippen molar-refractivity contribution in [1.82, 2.24) is 5.43 Å².